The molecule has 0 bridgehead atoms. The molecule has 65 heavy (non-hydrogen) atoms. The molecule has 2 unspecified atom stereocenters. The summed E-state index contributed by atoms with van der Waals surface area (Å²) >= 11 is 0. The van der Waals surface area contributed by atoms with E-state index < -0.39 is 12.1 Å². The number of hydrogen-bond donors (Lipinski definition) is 3. The summed E-state index contributed by atoms with van der Waals surface area (Å²) in [5.41, 5.74) is 0. The number of allylic oxidation sites excluding steroid dienone is 25. The summed E-state index contributed by atoms with van der Waals surface area (Å²) in [5, 5.41) is 23.0. The minimum Gasteiger partial charge on any atom is -0.394 e. The van der Waals surface area contributed by atoms with Crippen molar-refractivity contribution in [2.45, 2.75) is 212 Å². The van der Waals surface area contributed by atoms with Crippen molar-refractivity contribution in [1.82, 2.24) is 5.32 Å². The third-order valence-electron chi connectivity index (χ3n) is 10.7. The van der Waals surface area contributed by atoms with Gasteiger partial charge in [-0.1, -0.05) is 230 Å². The molecular formula is C61H97NO3. The minimum absolute atomic E-state index is 0.127. The molecule has 0 aliphatic carbocycles. The van der Waals surface area contributed by atoms with Gasteiger partial charge in [0.05, 0.1) is 18.8 Å². The maximum absolute atomic E-state index is 12.4. The lowest BCUT2D eigenvalue weighted by atomic mass is 10.1. The molecule has 3 N–H and O–H groups in total. The Bertz CT molecular complexity index is 1430. The predicted molar refractivity (Wildman–Crippen MR) is 289 cm³/mol. The number of carbonyl (C=O) groups excluding carboxylic acids is 1. The standard InChI is InChI=1S/C61H97NO3/c1-3-5-7-9-11-13-15-17-19-21-23-25-26-27-28-29-30-31-32-33-34-35-36-37-39-41-43-45-47-49-51-53-55-57-61(65)62-59(58-63)60(64)56-54-52-50-48-46-44-42-40-38-24-22-20-18-16-14-12-10-8-6-4-2/h5,7,11,13,17,19,23,25,27-28,30-31,33-34,36-38,40-41,43,46-49,54,56,59-60,63-64H,3-4,6,8-10,12,14-16,18,20-22,24,26,29,32,35,39,42,44-45,50-53,55,57-58H2,1-2H3,(H,62,65)/b7-5-,13-11-,19-17-,25-23-,28-27-,31-30-,34-33-,37-36-,40-38+,43-41-,48-46+,49-47-,56-54+. The molecule has 0 saturated heterocycles. The highest BCUT2D eigenvalue weighted by molar-refractivity contribution is 5.76. The van der Waals surface area contributed by atoms with Crippen molar-refractivity contribution >= 4 is 5.91 Å². The topological polar surface area (TPSA) is 69.6 Å². The van der Waals surface area contributed by atoms with Crippen LogP contribution in [0.3, 0.4) is 0 Å². The van der Waals surface area contributed by atoms with Crippen molar-refractivity contribution in [3.05, 3.63) is 158 Å². The zero-order valence-corrected chi connectivity index (χ0v) is 41.7. The average Bonchev–Trinajstić information content (AvgIpc) is 3.31. The number of rotatable bonds is 45. The summed E-state index contributed by atoms with van der Waals surface area (Å²) in [6, 6.07) is -0.682. The Kier molecular flexibility index (Phi) is 51.0. The molecule has 0 spiro atoms. The molecule has 4 nitrogen and oxygen atoms in total. The number of nitrogens with one attached hydrogen (secondary N) is 1. The molecule has 0 heterocycles. The van der Waals surface area contributed by atoms with E-state index in [2.05, 4.69) is 165 Å². The van der Waals surface area contributed by atoms with E-state index in [-0.39, 0.29) is 12.5 Å². The van der Waals surface area contributed by atoms with E-state index in [9.17, 15) is 15.0 Å². The van der Waals surface area contributed by atoms with Gasteiger partial charge in [-0.05, 0) is 122 Å². The van der Waals surface area contributed by atoms with Crippen LogP contribution < -0.4 is 5.32 Å². The fourth-order valence-corrected chi connectivity index (χ4v) is 6.77. The van der Waals surface area contributed by atoms with E-state index >= 15 is 0 Å². The Labute approximate surface area is 401 Å². The van der Waals surface area contributed by atoms with Crippen LogP contribution in [0, 0.1) is 0 Å². The lowest BCUT2D eigenvalue weighted by Gasteiger charge is -2.19. The van der Waals surface area contributed by atoms with Gasteiger partial charge >= 0.3 is 0 Å². The van der Waals surface area contributed by atoms with E-state index in [0.717, 1.165) is 109 Å². The highest BCUT2D eigenvalue weighted by Crippen LogP contribution is 2.12. The number of aliphatic hydroxyl groups excluding tert-OH is 2. The molecule has 1 amide bonds. The summed E-state index contributed by atoms with van der Waals surface area (Å²) in [6.45, 7) is 4.15. The van der Waals surface area contributed by atoms with Crippen molar-refractivity contribution in [2.24, 2.45) is 0 Å². The Balaban J connectivity index is 3.79. The van der Waals surface area contributed by atoms with E-state index in [1.54, 1.807) is 6.08 Å². The first kappa shape index (κ1) is 61.0. The van der Waals surface area contributed by atoms with Gasteiger partial charge in [0.25, 0.3) is 0 Å². The molecule has 364 valence electrons. The average molecular weight is 892 g/mol. The van der Waals surface area contributed by atoms with Crippen LogP contribution in [-0.2, 0) is 4.79 Å². The highest BCUT2D eigenvalue weighted by atomic mass is 16.3. The molecule has 0 aromatic carbocycles. The van der Waals surface area contributed by atoms with E-state index in [0.29, 0.717) is 6.42 Å². The molecule has 0 aliphatic heterocycles. The summed E-state index contributed by atoms with van der Waals surface area (Å²) in [7, 11) is 0. The van der Waals surface area contributed by atoms with Crippen LogP contribution in [0.4, 0.5) is 0 Å². The Morgan fingerprint density at radius 3 is 1.08 bits per heavy atom. The number of aliphatic hydroxyl groups is 2. The third kappa shape index (κ3) is 50.9. The van der Waals surface area contributed by atoms with Gasteiger partial charge in [-0.3, -0.25) is 4.79 Å². The van der Waals surface area contributed by atoms with Crippen molar-refractivity contribution in [2.75, 3.05) is 6.61 Å². The molecule has 0 saturated carbocycles. The van der Waals surface area contributed by atoms with Gasteiger partial charge in [0.2, 0.25) is 5.91 Å². The zero-order valence-electron chi connectivity index (χ0n) is 41.7. The number of amides is 1. The van der Waals surface area contributed by atoms with E-state index in [4.69, 9.17) is 0 Å². The van der Waals surface area contributed by atoms with Gasteiger partial charge < -0.3 is 15.5 Å². The van der Waals surface area contributed by atoms with Crippen LogP contribution in [-0.4, -0.2) is 34.9 Å². The SMILES string of the molecule is CC/C=C\C/C=C\C/C=C\C/C=C\C/C=C\C/C=C\C/C=C\C/C=C\C/C=C\C/C=C\CCCCC(=O)NC(CO)C(O)/C=C/CC/C=C/CC/C=C/CCCCCCCCCCCC. The molecule has 0 aliphatic rings. The fraction of sp³-hybridized carbons (Fsp3) is 0.557. The Morgan fingerprint density at radius 1 is 0.385 bits per heavy atom. The van der Waals surface area contributed by atoms with Crippen LogP contribution in [0.1, 0.15) is 200 Å². The molecule has 0 rings (SSSR count). The van der Waals surface area contributed by atoms with E-state index in [1.165, 1.54) is 70.6 Å². The van der Waals surface area contributed by atoms with Crippen LogP contribution >= 0.6 is 0 Å². The van der Waals surface area contributed by atoms with Gasteiger partial charge in [0, 0.05) is 6.42 Å². The second-order valence-electron chi connectivity index (χ2n) is 16.8. The number of unbranched alkanes of at least 4 members (excludes halogenated alkanes) is 14. The molecule has 0 radical (unpaired) electrons. The molecule has 2 atom stereocenters. The van der Waals surface area contributed by atoms with Crippen LogP contribution in [0.25, 0.3) is 0 Å². The largest absolute Gasteiger partial charge is 0.394 e. The van der Waals surface area contributed by atoms with Crippen molar-refractivity contribution in [3.63, 3.8) is 0 Å². The van der Waals surface area contributed by atoms with Crippen molar-refractivity contribution in [3.8, 4) is 0 Å². The van der Waals surface area contributed by atoms with Crippen molar-refractivity contribution < 1.29 is 15.0 Å². The van der Waals surface area contributed by atoms with Gasteiger partial charge in [-0.2, -0.15) is 0 Å². The quantitative estimate of drug-likeness (QED) is 0.0421. The van der Waals surface area contributed by atoms with Gasteiger partial charge in [-0.25, -0.2) is 0 Å². The maximum atomic E-state index is 12.4. The van der Waals surface area contributed by atoms with E-state index in [1.807, 2.05) is 6.08 Å². The lowest BCUT2D eigenvalue weighted by molar-refractivity contribution is -0.123. The summed E-state index contributed by atoms with van der Waals surface area (Å²) in [5.74, 6) is -0.127. The Hall–Kier alpha value is -3.99. The second-order valence-corrected chi connectivity index (χ2v) is 16.8. The highest BCUT2D eigenvalue weighted by Gasteiger charge is 2.17. The lowest BCUT2D eigenvalue weighted by Crippen LogP contribution is -2.45. The summed E-state index contributed by atoms with van der Waals surface area (Å²) < 4.78 is 0. The smallest absolute Gasteiger partial charge is 0.220 e. The first-order valence-corrected chi connectivity index (χ1v) is 26.2. The van der Waals surface area contributed by atoms with Crippen LogP contribution in [0.2, 0.25) is 0 Å². The molecular weight excluding hydrogens is 795 g/mol. The predicted octanol–water partition coefficient (Wildman–Crippen LogP) is 17.4. The molecule has 0 aromatic rings. The van der Waals surface area contributed by atoms with Gasteiger partial charge in [-0.15, -0.1) is 0 Å². The van der Waals surface area contributed by atoms with Crippen LogP contribution in [0.15, 0.2) is 158 Å². The molecule has 0 fully saturated rings. The summed E-state index contributed by atoms with van der Waals surface area (Å²) in [6.07, 6.45) is 88.0. The molecule has 4 heteroatoms. The first-order chi connectivity index (χ1) is 32.2. The maximum Gasteiger partial charge on any atom is 0.220 e. The number of carbonyl (C=O) groups is 1. The first-order valence-electron chi connectivity index (χ1n) is 26.2. The summed E-state index contributed by atoms with van der Waals surface area (Å²) in [4.78, 5) is 12.4. The Morgan fingerprint density at radius 2 is 0.692 bits per heavy atom. The normalized spacial score (nSPS) is 14.2. The zero-order chi connectivity index (χ0) is 47.0. The fourth-order valence-electron chi connectivity index (χ4n) is 6.77. The number of hydrogen-bond acceptors (Lipinski definition) is 3. The monoisotopic (exact) mass is 892 g/mol. The van der Waals surface area contributed by atoms with Crippen LogP contribution in [0.5, 0.6) is 0 Å². The van der Waals surface area contributed by atoms with Crippen molar-refractivity contribution in [1.29, 1.82) is 0 Å². The third-order valence-corrected chi connectivity index (χ3v) is 10.7. The van der Waals surface area contributed by atoms with Gasteiger partial charge in [0.1, 0.15) is 0 Å². The second kappa shape index (κ2) is 54.3. The molecule has 0 aromatic heterocycles. The minimum atomic E-state index is -0.901. The van der Waals surface area contributed by atoms with Gasteiger partial charge in [0.15, 0.2) is 0 Å².